The Kier molecular flexibility index (Phi) is 3.98. The summed E-state index contributed by atoms with van der Waals surface area (Å²) in [6.07, 6.45) is 0.253. The summed E-state index contributed by atoms with van der Waals surface area (Å²) in [5.41, 5.74) is 0. The molecule has 0 radical (unpaired) electrons. The van der Waals surface area contributed by atoms with Crippen molar-refractivity contribution < 1.29 is 9.13 Å². The molecule has 2 fully saturated rings. The molecule has 0 amide bonds. The number of piperidine rings is 1. The van der Waals surface area contributed by atoms with Crippen LogP contribution in [0.15, 0.2) is 0 Å². The summed E-state index contributed by atoms with van der Waals surface area (Å²) < 4.78 is 21.1. The lowest BCUT2D eigenvalue weighted by atomic mass is 10.0. The molecule has 0 aromatic carbocycles. The lowest BCUT2D eigenvalue weighted by Crippen LogP contribution is -2.53. The molecule has 2 saturated heterocycles. The zero-order chi connectivity index (χ0) is 9.97. The van der Waals surface area contributed by atoms with Gasteiger partial charge in [-0.2, -0.15) is 0 Å². The van der Waals surface area contributed by atoms with Crippen LogP contribution in [0.5, 0.6) is 0 Å². The normalized spacial score (nSPS) is 37.3. The maximum Gasteiger partial charge on any atom is 0.129 e. The number of rotatable bonds is 1. The number of hydrogen-bond donors (Lipinski definition) is 0. The van der Waals surface area contributed by atoms with E-state index in [1.54, 1.807) is 0 Å². The minimum atomic E-state index is -0.696. The second-order valence-electron chi connectivity index (χ2n) is 3.89. The van der Waals surface area contributed by atoms with E-state index in [1.807, 2.05) is 3.11 Å². The van der Waals surface area contributed by atoms with Crippen molar-refractivity contribution in [1.29, 1.82) is 0 Å². The van der Waals surface area contributed by atoms with Gasteiger partial charge in [-0.3, -0.25) is 4.90 Å². The highest BCUT2D eigenvalue weighted by Gasteiger charge is 2.33. The molecule has 2 heterocycles. The minimum absolute atomic E-state index is 0.130. The Morgan fingerprint density at radius 1 is 1.21 bits per heavy atom. The van der Waals surface area contributed by atoms with Gasteiger partial charge >= 0.3 is 0 Å². The average Bonchev–Trinajstić information content (AvgIpc) is 2.19. The van der Waals surface area contributed by atoms with Crippen molar-refractivity contribution in [3.63, 3.8) is 0 Å². The molecule has 0 aliphatic carbocycles. The summed E-state index contributed by atoms with van der Waals surface area (Å²) in [5, 5.41) is 0. The molecule has 0 N–H and O–H groups in total. The molecule has 3 nitrogen and oxygen atoms in total. The van der Waals surface area contributed by atoms with Crippen LogP contribution in [0.4, 0.5) is 4.39 Å². The molecule has 2 unspecified atom stereocenters. The number of nitrogens with zero attached hydrogens (tertiary/aromatic N) is 2. The van der Waals surface area contributed by atoms with Gasteiger partial charge in [-0.25, -0.2) is 7.50 Å². The van der Waals surface area contributed by atoms with Gasteiger partial charge in [-0.05, 0) is 6.42 Å². The van der Waals surface area contributed by atoms with Crippen LogP contribution in [0.3, 0.4) is 0 Å². The summed E-state index contributed by atoms with van der Waals surface area (Å²) in [4.78, 5) is 2.25. The first-order valence-electron chi connectivity index (χ1n) is 5.14. The predicted molar refractivity (Wildman–Crippen MR) is 61.3 cm³/mol. The molecule has 2 aliphatic heterocycles. The van der Waals surface area contributed by atoms with Crippen LogP contribution < -0.4 is 0 Å². The fourth-order valence-electron chi connectivity index (χ4n) is 2.18. The molecule has 0 aromatic rings. The monoisotopic (exact) mass is 314 g/mol. The Balaban J connectivity index is 1.89. The predicted octanol–water partition coefficient (Wildman–Crippen LogP) is 1.08. The van der Waals surface area contributed by atoms with Gasteiger partial charge in [0.1, 0.15) is 6.17 Å². The standard InChI is InChI=1S/C9H16FIN2O/c10-8-7-13(11)2-1-9(8)12-3-5-14-6-4-12/h8-9H,1-7H2. The number of hydrogen-bond acceptors (Lipinski definition) is 3. The molecule has 0 spiro atoms. The molecule has 2 rings (SSSR count). The van der Waals surface area contributed by atoms with Gasteiger partial charge in [0.15, 0.2) is 0 Å². The van der Waals surface area contributed by atoms with E-state index in [0.29, 0.717) is 6.54 Å². The number of halogens is 2. The third kappa shape index (κ3) is 2.56. The highest BCUT2D eigenvalue weighted by atomic mass is 127. The average molecular weight is 314 g/mol. The zero-order valence-electron chi connectivity index (χ0n) is 8.16. The second-order valence-corrected chi connectivity index (χ2v) is 5.25. The first-order valence-corrected chi connectivity index (χ1v) is 6.10. The largest absolute Gasteiger partial charge is 0.379 e. The van der Waals surface area contributed by atoms with E-state index in [2.05, 4.69) is 27.8 Å². The molecule has 82 valence electrons. The lowest BCUT2D eigenvalue weighted by Gasteiger charge is -2.40. The third-order valence-electron chi connectivity index (χ3n) is 2.97. The van der Waals surface area contributed by atoms with Crippen LogP contribution in [0, 0.1) is 0 Å². The van der Waals surface area contributed by atoms with Gasteiger partial charge in [0.25, 0.3) is 0 Å². The highest BCUT2D eigenvalue weighted by Crippen LogP contribution is 2.22. The van der Waals surface area contributed by atoms with Crippen molar-refractivity contribution >= 4 is 22.9 Å². The summed E-state index contributed by atoms with van der Waals surface area (Å²) in [5.74, 6) is 0. The van der Waals surface area contributed by atoms with Gasteiger partial charge in [0.05, 0.1) is 13.2 Å². The van der Waals surface area contributed by atoms with E-state index in [0.717, 1.165) is 39.3 Å². The van der Waals surface area contributed by atoms with Gasteiger partial charge in [-0.1, -0.05) is 0 Å². The Hall–Kier alpha value is 0.540. The van der Waals surface area contributed by atoms with Gasteiger partial charge in [-0.15, -0.1) is 0 Å². The van der Waals surface area contributed by atoms with E-state index in [1.165, 1.54) is 0 Å². The topological polar surface area (TPSA) is 15.7 Å². The van der Waals surface area contributed by atoms with E-state index in [4.69, 9.17) is 4.74 Å². The molecule has 14 heavy (non-hydrogen) atoms. The van der Waals surface area contributed by atoms with E-state index >= 15 is 0 Å². The Morgan fingerprint density at radius 3 is 2.57 bits per heavy atom. The second kappa shape index (κ2) is 5.05. The minimum Gasteiger partial charge on any atom is -0.379 e. The Bertz CT molecular complexity index is 190. The molecular weight excluding hydrogens is 298 g/mol. The van der Waals surface area contributed by atoms with E-state index in [-0.39, 0.29) is 6.04 Å². The molecular formula is C9H16FIN2O. The fraction of sp³-hybridized carbons (Fsp3) is 1.00. The maximum absolute atomic E-state index is 13.8. The van der Waals surface area contributed by atoms with Crippen LogP contribution in [-0.2, 0) is 4.74 Å². The van der Waals surface area contributed by atoms with Gasteiger partial charge in [0.2, 0.25) is 0 Å². The van der Waals surface area contributed by atoms with Crippen LogP contribution in [0.1, 0.15) is 6.42 Å². The van der Waals surface area contributed by atoms with Crippen LogP contribution in [0.25, 0.3) is 0 Å². The molecule has 0 aromatic heterocycles. The summed E-state index contributed by atoms with van der Waals surface area (Å²) in [7, 11) is 0. The first-order chi connectivity index (χ1) is 6.77. The Morgan fingerprint density at radius 2 is 1.93 bits per heavy atom. The number of ether oxygens (including phenoxy) is 1. The summed E-state index contributed by atoms with van der Waals surface area (Å²) in [6, 6.07) is 0.130. The van der Waals surface area contributed by atoms with Crippen molar-refractivity contribution in [2.45, 2.75) is 18.6 Å². The van der Waals surface area contributed by atoms with Crippen molar-refractivity contribution in [3.05, 3.63) is 0 Å². The zero-order valence-corrected chi connectivity index (χ0v) is 10.3. The van der Waals surface area contributed by atoms with Crippen LogP contribution >= 0.6 is 22.9 Å². The fourth-order valence-corrected chi connectivity index (χ4v) is 2.83. The smallest absolute Gasteiger partial charge is 0.129 e. The molecule has 2 atom stereocenters. The van der Waals surface area contributed by atoms with Crippen molar-refractivity contribution in [3.8, 4) is 0 Å². The quantitative estimate of drug-likeness (QED) is 0.532. The van der Waals surface area contributed by atoms with E-state index in [9.17, 15) is 4.39 Å². The molecule has 0 saturated carbocycles. The maximum atomic E-state index is 13.8. The molecule has 5 heteroatoms. The van der Waals surface area contributed by atoms with Gasteiger partial charge in [0, 0.05) is 55.1 Å². The van der Waals surface area contributed by atoms with Crippen LogP contribution in [0.2, 0.25) is 0 Å². The lowest BCUT2D eigenvalue weighted by molar-refractivity contribution is -0.0161. The van der Waals surface area contributed by atoms with Crippen LogP contribution in [-0.4, -0.2) is 59.6 Å². The molecule has 0 bridgehead atoms. The van der Waals surface area contributed by atoms with Crippen molar-refractivity contribution in [2.75, 3.05) is 39.4 Å². The summed E-state index contributed by atoms with van der Waals surface area (Å²) in [6.45, 7) is 4.89. The first kappa shape index (κ1) is 11.0. The highest BCUT2D eigenvalue weighted by molar-refractivity contribution is 14.1. The van der Waals surface area contributed by atoms with Crippen molar-refractivity contribution in [2.24, 2.45) is 0 Å². The number of alkyl halides is 1. The third-order valence-corrected chi connectivity index (χ3v) is 3.85. The van der Waals surface area contributed by atoms with Crippen molar-refractivity contribution in [1.82, 2.24) is 8.01 Å². The SMILES string of the molecule is FC1CN(I)CCC1N1CCOCC1. The molecule has 2 aliphatic rings. The number of morpholine rings is 1. The summed E-state index contributed by atoms with van der Waals surface area (Å²) >= 11 is 2.20. The van der Waals surface area contributed by atoms with Gasteiger partial charge < -0.3 is 4.74 Å². The Labute approximate surface area is 98.1 Å². The van der Waals surface area contributed by atoms with E-state index < -0.39 is 6.17 Å².